The Balaban J connectivity index is 1.55. The molecule has 8 nitrogen and oxygen atoms in total. The van der Waals surface area contributed by atoms with E-state index in [1.807, 2.05) is 30.3 Å². The molecule has 8 heteroatoms. The van der Waals surface area contributed by atoms with Crippen LogP contribution in [-0.2, 0) is 11.3 Å². The molecule has 1 saturated heterocycles. The zero-order chi connectivity index (χ0) is 22.8. The van der Waals surface area contributed by atoms with E-state index in [-0.39, 0.29) is 18.5 Å². The summed E-state index contributed by atoms with van der Waals surface area (Å²) in [5.41, 5.74) is 1.47. The number of nitrogens with zero attached hydrogens (tertiary/aromatic N) is 1. The van der Waals surface area contributed by atoms with Crippen molar-refractivity contribution in [3.8, 4) is 5.75 Å². The van der Waals surface area contributed by atoms with Crippen molar-refractivity contribution in [2.75, 3.05) is 33.4 Å². The number of hydrogen-bond donors (Lipinski definition) is 3. The van der Waals surface area contributed by atoms with Gasteiger partial charge in [-0.05, 0) is 42.7 Å². The monoisotopic (exact) mass is 441 g/mol. The van der Waals surface area contributed by atoms with Gasteiger partial charge in [-0.15, -0.1) is 0 Å². The van der Waals surface area contributed by atoms with Crippen LogP contribution < -0.4 is 15.4 Å². The van der Waals surface area contributed by atoms with Crippen LogP contribution in [0.15, 0.2) is 54.6 Å². The number of urea groups is 1. The summed E-state index contributed by atoms with van der Waals surface area (Å²) in [7, 11) is 1.60. The van der Waals surface area contributed by atoms with Crippen molar-refractivity contribution < 1.29 is 24.2 Å². The fourth-order valence-electron chi connectivity index (χ4n) is 3.55. The van der Waals surface area contributed by atoms with Gasteiger partial charge in [-0.2, -0.15) is 0 Å². The molecular formula is C24H31N3O5. The van der Waals surface area contributed by atoms with Crippen LogP contribution in [0.2, 0.25) is 0 Å². The molecule has 32 heavy (non-hydrogen) atoms. The number of carbonyl (C=O) groups is 2. The molecule has 1 heterocycles. The molecule has 1 fully saturated rings. The van der Waals surface area contributed by atoms with E-state index in [0.717, 1.165) is 5.56 Å². The summed E-state index contributed by atoms with van der Waals surface area (Å²) < 4.78 is 10.5. The zero-order valence-electron chi connectivity index (χ0n) is 18.3. The van der Waals surface area contributed by atoms with Gasteiger partial charge < -0.3 is 30.1 Å². The Kier molecular flexibility index (Phi) is 8.89. The molecule has 0 saturated carbocycles. The minimum atomic E-state index is -0.720. The van der Waals surface area contributed by atoms with Gasteiger partial charge in [-0.25, -0.2) is 4.79 Å². The second kappa shape index (κ2) is 12.1. The average Bonchev–Trinajstić information content (AvgIpc) is 3.00. The number of aliphatic hydroxyl groups excluding tert-OH is 1. The van der Waals surface area contributed by atoms with E-state index in [4.69, 9.17) is 9.47 Å². The first-order valence-corrected chi connectivity index (χ1v) is 10.8. The third kappa shape index (κ3) is 6.96. The predicted octanol–water partition coefficient (Wildman–Crippen LogP) is 2.18. The SMILES string of the molecule is COCCOc1ccc(C(=O)NC2CN(C(=O)NCc3ccccc3)CCCC2O)cc1. The summed E-state index contributed by atoms with van der Waals surface area (Å²) in [5.74, 6) is 0.346. The zero-order valence-corrected chi connectivity index (χ0v) is 18.3. The van der Waals surface area contributed by atoms with Crippen LogP contribution in [-0.4, -0.2) is 67.5 Å². The molecule has 2 atom stereocenters. The molecule has 0 radical (unpaired) electrons. The molecule has 1 aliphatic heterocycles. The number of hydrogen-bond acceptors (Lipinski definition) is 5. The molecule has 0 aliphatic carbocycles. The predicted molar refractivity (Wildman–Crippen MR) is 121 cm³/mol. The highest BCUT2D eigenvalue weighted by atomic mass is 16.5. The molecule has 1 aliphatic rings. The Morgan fingerprint density at radius 3 is 2.56 bits per heavy atom. The van der Waals surface area contributed by atoms with Gasteiger partial charge in [-0.1, -0.05) is 30.3 Å². The van der Waals surface area contributed by atoms with Gasteiger partial charge in [0.2, 0.25) is 0 Å². The van der Waals surface area contributed by atoms with Crippen LogP contribution in [0, 0.1) is 0 Å². The second-order valence-corrected chi connectivity index (χ2v) is 7.75. The number of aliphatic hydroxyl groups is 1. The first kappa shape index (κ1) is 23.6. The second-order valence-electron chi connectivity index (χ2n) is 7.75. The Bertz CT molecular complexity index is 860. The summed E-state index contributed by atoms with van der Waals surface area (Å²) in [5, 5.41) is 16.3. The van der Waals surface area contributed by atoms with Gasteiger partial charge in [-0.3, -0.25) is 4.79 Å². The third-order valence-corrected chi connectivity index (χ3v) is 5.37. The summed E-state index contributed by atoms with van der Waals surface area (Å²) in [6.45, 7) is 2.10. The summed E-state index contributed by atoms with van der Waals surface area (Å²) in [6, 6.07) is 15.7. The van der Waals surface area contributed by atoms with Gasteiger partial charge in [0.1, 0.15) is 12.4 Å². The number of carbonyl (C=O) groups excluding carboxylic acids is 2. The molecule has 2 unspecified atom stereocenters. The largest absolute Gasteiger partial charge is 0.491 e. The quantitative estimate of drug-likeness (QED) is 0.545. The average molecular weight is 442 g/mol. The van der Waals surface area contributed by atoms with Crippen molar-refractivity contribution in [3.05, 3.63) is 65.7 Å². The highest BCUT2D eigenvalue weighted by Crippen LogP contribution is 2.15. The molecule has 2 aromatic rings. The van der Waals surface area contributed by atoms with Crippen molar-refractivity contribution in [2.24, 2.45) is 0 Å². The Morgan fingerprint density at radius 2 is 1.84 bits per heavy atom. The molecule has 0 bridgehead atoms. The molecule has 2 aromatic carbocycles. The lowest BCUT2D eigenvalue weighted by Gasteiger charge is -2.27. The molecule has 0 aromatic heterocycles. The van der Waals surface area contributed by atoms with Crippen molar-refractivity contribution in [2.45, 2.75) is 31.5 Å². The van der Waals surface area contributed by atoms with E-state index < -0.39 is 12.1 Å². The number of ether oxygens (including phenoxy) is 2. The lowest BCUT2D eigenvalue weighted by molar-refractivity contribution is 0.0809. The van der Waals surface area contributed by atoms with Crippen LogP contribution in [0.1, 0.15) is 28.8 Å². The number of amides is 3. The number of benzene rings is 2. The smallest absolute Gasteiger partial charge is 0.317 e. The van der Waals surface area contributed by atoms with Crippen LogP contribution in [0.25, 0.3) is 0 Å². The van der Waals surface area contributed by atoms with E-state index in [1.54, 1.807) is 36.3 Å². The Morgan fingerprint density at radius 1 is 1.09 bits per heavy atom. The highest BCUT2D eigenvalue weighted by molar-refractivity contribution is 5.94. The van der Waals surface area contributed by atoms with Gasteiger partial charge in [0, 0.05) is 32.3 Å². The third-order valence-electron chi connectivity index (χ3n) is 5.37. The topological polar surface area (TPSA) is 100 Å². The fourth-order valence-corrected chi connectivity index (χ4v) is 3.55. The standard InChI is InChI=1S/C24H31N3O5/c1-31-14-15-32-20-11-9-19(10-12-20)23(29)26-21-17-27(13-5-8-22(21)28)24(30)25-16-18-6-3-2-4-7-18/h2-4,6-7,9-12,21-22,28H,5,8,13-17H2,1H3,(H,25,30)(H,26,29). The highest BCUT2D eigenvalue weighted by Gasteiger charge is 2.29. The molecular weight excluding hydrogens is 410 g/mol. The molecule has 3 N–H and O–H groups in total. The fraction of sp³-hybridized carbons (Fsp3) is 0.417. The van der Waals surface area contributed by atoms with Gasteiger partial charge in [0.25, 0.3) is 5.91 Å². The van der Waals surface area contributed by atoms with Crippen LogP contribution in [0.5, 0.6) is 5.75 Å². The van der Waals surface area contributed by atoms with E-state index >= 15 is 0 Å². The summed E-state index contributed by atoms with van der Waals surface area (Å²) in [6.07, 6.45) is 0.460. The lowest BCUT2D eigenvalue weighted by atomic mass is 10.1. The maximum Gasteiger partial charge on any atom is 0.317 e. The number of likely N-dealkylation sites (tertiary alicyclic amines) is 1. The van der Waals surface area contributed by atoms with Crippen LogP contribution in [0.3, 0.4) is 0 Å². The van der Waals surface area contributed by atoms with E-state index in [9.17, 15) is 14.7 Å². The van der Waals surface area contributed by atoms with E-state index in [0.29, 0.717) is 50.5 Å². The Labute approximate surface area is 188 Å². The number of rotatable bonds is 8. The van der Waals surface area contributed by atoms with Crippen LogP contribution >= 0.6 is 0 Å². The van der Waals surface area contributed by atoms with E-state index in [2.05, 4.69) is 10.6 Å². The Hall–Kier alpha value is -3.10. The van der Waals surface area contributed by atoms with Crippen LogP contribution in [0.4, 0.5) is 4.79 Å². The normalized spacial score (nSPS) is 18.5. The first-order chi connectivity index (χ1) is 15.6. The van der Waals surface area contributed by atoms with Gasteiger partial charge in [0.05, 0.1) is 18.8 Å². The molecule has 172 valence electrons. The maximum atomic E-state index is 12.7. The van der Waals surface area contributed by atoms with E-state index in [1.165, 1.54) is 0 Å². The van der Waals surface area contributed by atoms with Crippen molar-refractivity contribution in [1.82, 2.24) is 15.5 Å². The first-order valence-electron chi connectivity index (χ1n) is 10.8. The maximum absolute atomic E-state index is 12.7. The minimum absolute atomic E-state index is 0.209. The summed E-state index contributed by atoms with van der Waals surface area (Å²) >= 11 is 0. The molecule has 0 spiro atoms. The lowest BCUT2D eigenvalue weighted by Crippen LogP contribution is -2.51. The van der Waals surface area contributed by atoms with Crippen molar-refractivity contribution in [1.29, 1.82) is 0 Å². The molecule has 3 amide bonds. The van der Waals surface area contributed by atoms with Gasteiger partial charge >= 0.3 is 6.03 Å². The number of methoxy groups -OCH3 is 1. The molecule has 3 rings (SSSR count). The summed E-state index contributed by atoms with van der Waals surface area (Å²) in [4.78, 5) is 27.1. The number of nitrogens with one attached hydrogen (secondary N) is 2. The minimum Gasteiger partial charge on any atom is -0.491 e. The van der Waals surface area contributed by atoms with Gasteiger partial charge in [0.15, 0.2) is 0 Å². The van der Waals surface area contributed by atoms with Crippen molar-refractivity contribution in [3.63, 3.8) is 0 Å². The van der Waals surface area contributed by atoms with Crippen molar-refractivity contribution >= 4 is 11.9 Å².